The number of rotatable bonds is 13. The van der Waals surface area contributed by atoms with Crippen molar-refractivity contribution in [3.63, 3.8) is 0 Å². The number of allylic oxidation sites excluding steroid dienone is 11. The molecule has 0 saturated carbocycles. The summed E-state index contributed by atoms with van der Waals surface area (Å²) in [5.41, 5.74) is 11.4. The standard InChI is InChI=1S/C64H52N2/c1-7-13-31-46(11-5)65(47(12-6)32-14-8-2)55-41-39-53-59-49(55)35-24-37-51(59)61-57(43-27-18-15-19-28-43)64-54-40-42-56(66(45(10-4)26-9-3)48-33-22-17-23-34-48)50-36-25-38-52(60(50)54)62(64)58(63(53)61)44-29-20-16-21-30-44/h7-42H,1,6H2,2-5H3/b14-8-,26-9-,31-13-,45-10+,46-11+,47-32+. The highest BCUT2D eigenvalue weighted by molar-refractivity contribution is 6.47. The highest BCUT2D eigenvalue weighted by Crippen LogP contribution is 2.57. The normalized spacial score (nSPS) is 13.1. The molecule has 0 amide bonds. The van der Waals surface area contributed by atoms with Crippen molar-refractivity contribution in [1.82, 2.24) is 0 Å². The van der Waals surface area contributed by atoms with Crippen LogP contribution in [0.1, 0.15) is 27.7 Å². The Hall–Kier alpha value is -8.20. The highest BCUT2D eigenvalue weighted by atomic mass is 15.2. The zero-order valence-electron chi connectivity index (χ0n) is 38.1. The summed E-state index contributed by atoms with van der Waals surface area (Å²) >= 11 is 0. The van der Waals surface area contributed by atoms with Crippen molar-refractivity contribution in [3.8, 4) is 22.3 Å². The molecule has 10 aromatic rings. The van der Waals surface area contributed by atoms with E-state index in [2.05, 4.69) is 244 Å². The maximum absolute atomic E-state index is 4.30. The third-order valence-electron chi connectivity index (χ3n) is 13.0. The molecule has 0 spiro atoms. The maximum Gasteiger partial charge on any atom is 0.0540 e. The lowest BCUT2D eigenvalue weighted by molar-refractivity contribution is 1.15. The minimum Gasteiger partial charge on any atom is -0.310 e. The summed E-state index contributed by atoms with van der Waals surface area (Å²) in [4.78, 5) is 4.72. The van der Waals surface area contributed by atoms with Gasteiger partial charge < -0.3 is 9.80 Å². The second kappa shape index (κ2) is 17.8. The lowest BCUT2D eigenvalue weighted by Crippen LogP contribution is -2.20. The first-order valence-electron chi connectivity index (χ1n) is 22.9. The molecule has 66 heavy (non-hydrogen) atoms. The first-order chi connectivity index (χ1) is 32.6. The Morgan fingerprint density at radius 3 is 1.38 bits per heavy atom. The lowest BCUT2D eigenvalue weighted by Gasteiger charge is -2.28. The van der Waals surface area contributed by atoms with Crippen LogP contribution < -0.4 is 9.80 Å². The lowest BCUT2D eigenvalue weighted by atomic mass is 9.87. The van der Waals surface area contributed by atoms with Crippen molar-refractivity contribution in [3.05, 3.63) is 249 Å². The average Bonchev–Trinajstić information content (AvgIpc) is 3.88. The van der Waals surface area contributed by atoms with Crippen LogP contribution >= 0.6 is 0 Å². The topological polar surface area (TPSA) is 6.48 Å². The Morgan fingerprint density at radius 2 is 0.894 bits per heavy atom. The molecule has 0 N–H and O–H groups in total. The van der Waals surface area contributed by atoms with Crippen LogP contribution in [0, 0.1) is 0 Å². The van der Waals surface area contributed by atoms with Crippen LogP contribution in [0.25, 0.3) is 86.9 Å². The van der Waals surface area contributed by atoms with Crippen LogP contribution in [0.3, 0.4) is 0 Å². The van der Waals surface area contributed by atoms with Gasteiger partial charge >= 0.3 is 0 Å². The zero-order valence-corrected chi connectivity index (χ0v) is 38.1. The van der Waals surface area contributed by atoms with Gasteiger partial charge in [-0.2, -0.15) is 0 Å². The van der Waals surface area contributed by atoms with Gasteiger partial charge in [-0.05, 0) is 152 Å². The Labute approximate surface area is 388 Å². The van der Waals surface area contributed by atoms with Crippen LogP contribution in [0.2, 0.25) is 0 Å². The van der Waals surface area contributed by atoms with Gasteiger partial charge in [0.05, 0.1) is 11.4 Å². The molecule has 0 radical (unpaired) electrons. The second-order valence-electron chi connectivity index (χ2n) is 16.6. The largest absolute Gasteiger partial charge is 0.310 e. The van der Waals surface area contributed by atoms with E-state index in [1.54, 1.807) is 0 Å². The number of para-hydroxylation sites is 1. The molecule has 318 valence electrons. The molecule has 0 bridgehead atoms. The van der Waals surface area contributed by atoms with Gasteiger partial charge in [0.15, 0.2) is 0 Å². The molecule has 0 unspecified atom stereocenters. The number of nitrogens with zero attached hydrogens (tertiary/aromatic N) is 2. The summed E-state index contributed by atoms with van der Waals surface area (Å²) in [6.45, 7) is 16.6. The van der Waals surface area contributed by atoms with Gasteiger partial charge in [-0.15, -0.1) is 0 Å². The smallest absolute Gasteiger partial charge is 0.0540 e. The molecule has 0 aliphatic heterocycles. The molecule has 0 saturated heterocycles. The molecule has 2 heteroatoms. The monoisotopic (exact) mass is 848 g/mol. The zero-order chi connectivity index (χ0) is 45.3. The summed E-state index contributed by atoms with van der Waals surface area (Å²) in [6.07, 6.45) is 22.8. The number of fused-ring (bicyclic) bond motifs is 6. The van der Waals surface area contributed by atoms with E-state index in [0.717, 1.165) is 34.2 Å². The SMILES string of the molecule is C=C/C=C\C(=C/C)N(/C(C=C)=C/C=C\C)c1ccc2c3c(-c4ccccc4)c4c5cccc6c(N(C(/C=C\C)=C/C)c7ccccc7)ccc(c4c(-c4ccccc4)c3c3cccc1c23)c65. The molecule has 2 nitrogen and oxygen atoms in total. The summed E-state index contributed by atoms with van der Waals surface area (Å²) in [5.74, 6) is 0. The van der Waals surface area contributed by atoms with Gasteiger partial charge in [0.2, 0.25) is 0 Å². The number of benzene rings is 8. The molecule has 0 heterocycles. The molecule has 0 aliphatic carbocycles. The summed E-state index contributed by atoms with van der Waals surface area (Å²) in [5, 5.41) is 15.0. The van der Waals surface area contributed by atoms with Crippen LogP contribution in [0.15, 0.2) is 249 Å². The number of hydrogen-bond donors (Lipinski definition) is 0. The Kier molecular flexibility index (Phi) is 11.2. The predicted molar refractivity (Wildman–Crippen MR) is 291 cm³/mol. The van der Waals surface area contributed by atoms with Gasteiger partial charge in [0.1, 0.15) is 0 Å². The van der Waals surface area contributed by atoms with Crippen LogP contribution in [0.4, 0.5) is 17.1 Å². The van der Waals surface area contributed by atoms with E-state index in [1.165, 1.54) is 86.9 Å². The minimum absolute atomic E-state index is 0.974. The van der Waals surface area contributed by atoms with Crippen molar-refractivity contribution in [2.75, 3.05) is 9.80 Å². The van der Waals surface area contributed by atoms with E-state index < -0.39 is 0 Å². The minimum atomic E-state index is 0.974. The summed E-state index contributed by atoms with van der Waals surface area (Å²) in [6, 6.07) is 56.1. The van der Waals surface area contributed by atoms with Crippen molar-refractivity contribution >= 4 is 81.7 Å². The van der Waals surface area contributed by atoms with E-state index >= 15 is 0 Å². The van der Waals surface area contributed by atoms with Gasteiger partial charge in [-0.25, -0.2) is 0 Å². The number of hydrogen-bond acceptors (Lipinski definition) is 2. The van der Waals surface area contributed by atoms with E-state index in [9.17, 15) is 0 Å². The molecule has 0 fully saturated rings. The molecule has 10 aromatic carbocycles. The first kappa shape index (κ1) is 41.8. The molecular weight excluding hydrogens is 797 g/mol. The molecule has 0 aliphatic rings. The third-order valence-corrected chi connectivity index (χ3v) is 13.0. The molecular formula is C64H52N2. The fourth-order valence-corrected chi connectivity index (χ4v) is 10.4. The van der Waals surface area contributed by atoms with Gasteiger partial charge in [0, 0.05) is 33.6 Å². The van der Waals surface area contributed by atoms with Crippen LogP contribution in [-0.4, -0.2) is 0 Å². The summed E-state index contributed by atoms with van der Waals surface area (Å²) < 4.78 is 0. The third kappa shape index (κ3) is 6.64. The van der Waals surface area contributed by atoms with Crippen molar-refractivity contribution < 1.29 is 0 Å². The van der Waals surface area contributed by atoms with Crippen molar-refractivity contribution in [1.29, 1.82) is 0 Å². The maximum atomic E-state index is 4.30. The predicted octanol–water partition coefficient (Wildman–Crippen LogP) is 18.5. The first-order valence-corrected chi connectivity index (χ1v) is 22.9. The Morgan fingerprint density at radius 1 is 0.409 bits per heavy atom. The van der Waals surface area contributed by atoms with E-state index in [4.69, 9.17) is 0 Å². The van der Waals surface area contributed by atoms with Gasteiger partial charge in [-0.3, -0.25) is 0 Å². The Bertz CT molecular complexity index is 3540. The van der Waals surface area contributed by atoms with Crippen molar-refractivity contribution in [2.24, 2.45) is 0 Å². The van der Waals surface area contributed by atoms with E-state index in [-0.39, 0.29) is 0 Å². The fourth-order valence-electron chi connectivity index (χ4n) is 10.4. The number of anilines is 3. The average molecular weight is 849 g/mol. The van der Waals surface area contributed by atoms with Gasteiger partial charge in [0.25, 0.3) is 0 Å². The molecule has 10 rings (SSSR count). The van der Waals surface area contributed by atoms with Gasteiger partial charge in [-0.1, -0.05) is 183 Å². The van der Waals surface area contributed by atoms with E-state index in [1.807, 2.05) is 25.2 Å². The fraction of sp³-hybridized carbons (Fsp3) is 0.0625. The Balaban J connectivity index is 1.41. The molecule has 0 atom stereocenters. The molecule has 0 aromatic heterocycles. The second-order valence-corrected chi connectivity index (χ2v) is 16.6. The quantitative estimate of drug-likeness (QED) is 0.107. The van der Waals surface area contributed by atoms with Crippen LogP contribution in [-0.2, 0) is 0 Å². The highest BCUT2D eigenvalue weighted by Gasteiger charge is 2.29. The van der Waals surface area contributed by atoms with Crippen LogP contribution in [0.5, 0.6) is 0 Å². The van der Waals surface area contributed by atoms with Crippen molar-refractivity contribution in [2.45, 2.75) is 27.7 Å². The van der Waals surface area contributed by atoms with E-state index in [0.29, 0.717) is 0 Å². The summed E-state index contributed by atoms with van der Waals surface area (Å²) in [7, 11) is 0.